The highest BCUT2D eigenvalue weighted by Gasteiger charge is 2.42. The second-order valence-corrected chi connectivity index (χ2v) is 7.68. The summed E-state index contributed by atoms with van der Waals surface area (Å²) in [5.41, 5.74) is -2.21. The molecule has 2 aromatic rings. The monoisotopic (exact) mass is 472 g/mol. The number of β-amino-alcohol motifs (C(OH)–C–C–N with tert-alkyl or cyclic N) is 1. The van der Waals surface area contributed by atoms with E-state index in [1.807, 2.05) is 5.32 Å². The number of nitrogens with zero attached hydrogens (tertiary/aromatic N) is 1. The number of nitrogens with one attached hydrogen (secondary N) is 1. The highest BCUT2D eigenvalue weighted by Crippen LogP contribution is 2.36. The minimum atomic E-state index is -4.71. The van der Waals surface area contributed by atoms with Crippen molar-refractivity contribution in [3.63, 3.8) is 0 Å². The highest BCUT2D eigenvalue weighted by atomic mass is 19.4. The maximum Gasteiger partial charge on any atom is 0.416 e. The van der Waals surface area contributed by atoms with Gasteiger partial charge >= 0.3 is 12.1 Å². The second-order valence-electron chi connectivity index (χ2n) is 7.68. The van der Waals surface area contributed by atoms with E-state index in [0.717, 1.165) is 0 Å². The number of aliphatic hydroxyl groups is 1. The number of aliphatic hydroxyl groups excluding tert-OH is 1. The molecule has 33 heavy (non-hydrogen) atoms. The molecular formula is C22H21F5N2O4. The van der Waals surface area contributed by atoms with E-state index in [-0.39, 0.29) is 42.7 Å². The molecule has 0 spiro atoms. The van der Waals surface area contributed by atoms with Crippen molar-refractivity contribution in [1.29, 1.82) is 0 Å². The largest absolute Gasteiger partial charge is 0.490 e. The van der Waals surface area contributed by atoms with Crippen LogP contribution in [-0.2, 0) is 16.9 Å². The number of rotatable bonds is 5. The zero-order chi connectivity index (χ0) is 24.4. The Hall–Kier alpha value is -3.21. The summed E-state index contributed by atoms with van der Waals surface area (Å²) in [4.78, 5) is 26.7. The van der Waals surface area contributed by atoms with Gasteiger partial charge in [0.05, 0.1) is 30.0 Å². The number of hydrogen-bond donors (Lipinski definition) is 2. The molecule has 0 fully saturated rings. The zero-order valence-electron chi connectivity index (χ0n) is 17.5. The van der Waals surface area contributed by atoms with Gasteiger partial charge in [-0.25, -0.2) is 0 Å². The van der Waals surface area contributed by atoms with Crippen LogP contribution in [0.15, 0.2) is 42.5 Å². The van der Waals surface area contributed by atoms with E-state index in [9.17, 15) is 36.6 Å². The molecule has 0 aliphatic carbocycles. The Balaban J connectivity index is 1.90. The number of halogens is 5. The number of fused-ring (bicyclic) bond motifs is 1. The molecule has 1 heterocycles. The first-order chi connectivity index (χ1) is 15.4. The molecule has 0 aromatic heterocycles. The summed E-state index contributed by atoms with van der Waals surface area (Å²) >= 11 is 0. The van der Waals surface area contributed by atoms with Crippen molar-refractivity contribution in [3.05, 3.63) is 59.2 Å². The summed E-state index contributed by atoms with van der Waals surface area (Å²) < 4.78 is 73.1. The first kappa shape index (κ1) is 24.4. The Morgan fingerprint density at radius 2 is 1.76 bits per heavy atom. The van der Waals surface area contributed by atoms with Gasteiger partial charge in [-0.3, -0.25) is 9.59 Å². The number of anilines is 1. The molecule has 0 saturated carbocycles. The molecule has 2 aromatic carbocycles. The number of carbonyl (C=O) groups is 2. The number of ether oxygens (including phenoxy) is 1. The predicted octanol–water partition coefficient (Wildman–Crippen LogP) is 3.90. The van der Waals surface area contributed by atoms with Gasteiger partial charge in [0, 0.05) is 24.6 Å². The Morgan fingerprint density at radius 3 is 2.36 bits per heavy atom. The lowest BCUT2D eigenvalue weighted by molar-refractivity contribution is -0.141. The molecule has 0 saturated heterocycles. The third-order valence-corrected chi connectivity index (χ3v) is 5.05. The third-order valence-electron chi connectivity index (χ3n) is 5.05. The van der Waals surface area contributed by atoms with Crippen LogP contribution in [0.25, 0.3) is 0 Å². The van der Waals surface area contributed by atoms with Gasteiger partial charge in [-0.1, -0.05) is 25.1 Å². The van der Waals surface area contributed by atoms with Gasteiger partial charge in [0.25, 0.3) is 11.8 Å². The second kappa shape index (κ2) is 9.34. The quantitative estimate of drug-likeness (QED) is 0.648. The molecular weight excluding hydrogens is 451 g/mol. The van der Waals surface area contributed by atoms with Gasteiger partial charge in [0.2, 0.25) is 0 Å². The first-order valence-electron chi connectivity index (χ1n) is 9.98. The van der Waals surface area contributed by atoms with Crippen LogP contribution in [0.2, 0.25) is 0 Å². The molecule has 0 radical (unpaired) electrons. The van der Waals surface area contributed by atoms with Crippen LogP contribution in [0.5, 0.6) is 5.75 Å². The molecule has 3 rings (SSSR count). The third kappa shape index (κ3) is 5.24. The van der Waals surface area contributed by atoms with Crippen LogP contribution < -0.4 is 10.1 Å². The summed E-state index contributed by atoms with van der Waals surface area (Å²) in [6, 6.07) is 6.05. The average Bonchev–Trinajstić information content (AvgIpc) is 2.76. The molecule has 1 aliphatic heterocycles. The Labute approximate surface area is 186 Å². The van der Waals surface area contributed by atoms with Crippen LogP contribution in [0.1, 0.15) is 28.4 Å². The zero-order valence-corrected chi connectivity index (χ0v) is 17.5. The predicted molar refractivity (Wildman–Crippen MR) is 108 cm³/mol. The topological polar surface area (TPSA) is 78.9 Å². The van der Waals surface area contributed by atoms with Gasteiger partial charge in [0.1, 0.15) is 0 Å². The van der Waals surface area contributed by atoms with E-state index in [4.69, 9.17) is 4.74 Å². The fourth-order valence-electron chi connectivity index (χ4n) is 3.38. The maximum atomic E-state index is 14.7. The summed E-state index contributed by atoms with van der Waals surface area (Å²) in [6.45, 7) is 2.00. The summed E-state index contributed by atoms with van der Waals surface area (Å²) in [5.74, 6) is -6.71. The van der Waals surface area contributed by atoms with Crippen LogP contribution in [0, 0.1) is 5.92 Å². The van der Waals surface area contributed by atoms with Crippen molar-refractivity contribution in [2.24, 2.45) is 5.92 Å². The number of alkyl halides is 5. The van der Waals surface area contributed by atoms with Crippen LogP contribution >= 0.6 is 0 Å². The lowest BCUT2D eigenvalue weighted by Crippen LogP contribution is -2.40. The molecule has 6 nitrogen and oxygen atoms in total. The van der Waals surface area contributed by atoms with Gasteiger partial charge in [-0.2, -0.15) is 22.0 Å². The summed E-state index contributed by atoms with van der Waals surface area (Å²) in [7, 11) is 0. The molecule has 11 heteroatoms. The van der Waals surface area contributed by atoms with Crippen molar-refractivity contribution in [2.75, 3.05) is 31.6 Å². The van der Waals surface area contributed by atoms with Crippen molar-refractivity contribution < 1.29 is 41.4 Å². The standard InChI is InChI=1S/C22H21F5N2O4/c1-13-11-29(9-10-30)19(31)16-3-2-4-17(18(16)33-12-13)28-20(32)21(23,24)14-5-7-15(8-6-14)22(25,26)27/h2-8,13,30H,9-12H2,1H3,(H,28,32)/t13-/m1/s1. The normalized spacial score (nSPS) is 17.0. The van der Waals surface area contributed by atoms with Crippen LogP contribution in [0.3, 0.4) is 0 Å². The number of amides is 2. The van der Waals surface area contributed by atoms with E-state index in [0.29, 0.717) is 30.8 Å². The van der Waals surface area contributed by atoms with Gasteiger partial charge < -0.3 is 20.1 Å². The minimum absolute atomic E-state index is 0.0194. The van der Waals surface area contributed by atoms with E-state index in [1.165, 1.54) is 23.1 Å². The number of hydrogen-bond acceptors (Lipinski definition) is 4. The Morgan fingerprint density at radius 1 is 1.12 bits per heavy atom. The van der Waals surface area contributed by atoms with E-state index < -0.39 is 35.0 Å². The highest BCUT2D eigenvalue weighted by molar-refractivity contribution is 6.03. The summed E-state index contributed by atoms with van der Waals surface area (Å²) in [6.07, 6.45) is -4.71. The smallest absolute Gasteiger partial charge is 0.416 e. The number of para-hydroxylation sites is 1. The summed E-state index contributed by atoms with van der Waals surface area (Å²) in [5, 5.41) is 11.3. The minimum Gasteiger partial charge on any atom is -0.490 e. The first-order valence-corrected chi connectivity index (χ1v) is 9.98. The Kier molecular flexibility index (Phi) is 6.92. The van der Waals surface area contributed by atoms with Gasteiger partial charge in [-0.05, 0) is 24.3 Å². The number of benzene rings is 2. The van der Waals surface area contributed by atoms with Crippen molar-refractivity contribution in [1.82, 2.24) is 4.90 Å². The van der Waals surface area contributed by atoms with Crippen LogP contribution in [0.4, 0.5) is 27.6 Å². The SMILES string of the molecule is C[C@H]1COc2c(NC(=O)C(F)(F)c3ccc(C(F)(F)F)cc3)cccc2C(=O)N(CCO)C1. The van der Waals surface area contributed by atoms with E-state index >= 15 is 0 Å². The molecule has 2 N–H and O–H groups in total. The maximum absolute atomic E-state index is 14.7. The Bertz CT molecular complexity index is 1020. The fraction of sp³-hybridized carbons (Fsp3) is 0.364. The molecule has 178 valence electrons. The molecule has 1 aliphatic rings. The van der Waals surface area contributed by atoms with Gasteiger partial charge in [-0.15, -0.1) is 0 Å². The number of carbonyl (C=O) groups excluding carboxylic acids is 2. The molecule has 1 atom stereocenters. The van der Waals surface area contributed by atoms with Crippen LogP contribution in [-0.4, -0.2) is 48.1 Å². The van der Waals surface area contributed by atoms with Crippen molar-refractivity contribution in [2.45, 2.75) is 19.0 Å². The average molecular weight is 472 g/mol. The van der Waals surface area contributed by atoms with Gasteiger partial charge in [0.15, 0.2) is 5.75 Å². The molecule has 2 amide bonds. The van der Waals surface area contributed by atoms with E-state index in [2.05, 4.69) is 0 Å². The van der Waals surface area contributed by atoms with Crippen molar-refractivity contribution >= 4 is 17.5 Å². The molecule has 0 bridgehead atoms. The van der Waals surface area contributed by atoms with Crippen molar-refractivity contribution in [3.8, 4) is 5.75 Å². The molecule has 0 unspecified atom stereocenters. The van der Waals surface area contributed by atoms with E-state index in [1.54, 1.807) is 6.92 Å². The fourth-order valence-corrected chi connectivity index (χ4v) is 3.38. The lowest BCUT2D eigenvalue weighted by atomic mass is 10.0. The lowest BCUT2D eigenvalue weighted by Gasteiger charge is -2.30.